The number of hydrogen-bond acceptors (Lipinski definition) is 5. The highest BCUT2D eigenvalue weighted by atomic mass is 32.2. The van der Waals surface area contributed by atoms with Crippen molar-refractivity contribution in [2.24, 2.45) is 5.92 Å². The van der Waals surface area contributed by atoms with Gasteiger partial charge in [0.2, 0.25) is 10.0 Å². The van der Waals surface area contributed by atoms with Gasteiger partial charge in [-0.1, -0.05) is 0 Å². The maximum Gasteiger partial charge on any atom is 0.243 e. The maximum atomic E-state index is 12.6. The smallest absolute Gasteiger partial charge is 0.243 e. The average molecular weight is 313 g/mol. The zero-order valence-corrected chi connectivity index (χ0v) is 12.5. The lowest BCUT2D eigenvalue weighted by Crippen LogP contribution is -2.29. The molecule has 1 aromatic carbocycles. The van der Waals surface area contributed by atoms with Crippen LogP contribution in [-0.4, -0.2) is 50.7 Å². The van der Waals surface area contributed by atoms with E-state index in [-0.39, 0.29) is 17.4 Å². The van der Waals surface area contributed by atoms with E-state index in [9.17, 15) is 8.42 Å². The van der Waals surface area contributed by atoms with Gasteiger partial charge in [0.25, 0.3) is 0 Å². The highest BCUT2D eigenvalue weighted by molar-refractivity contribution is 7.89. The molecule has 3 rings (SSSR count). The van der Waals surface area contributed by atoms with E-state index >= 15 is 0 Å². The van der Waals surface area contributed by atoms with Crippen LogP contribution in [0.5, 0.6) is 11.5 Å². The van der Waals surface area contributed by atoms with Gasteiger partial charge in [-0.25, -0.2) is 8.42 Å². The van der Waals surface area contributed by atoms with Crippen molar-refractivity contribution < 1.29 is 23.0 Å². The lowest BCUT2D eigenvalue weighted by atomic mass is 10.1. The molecule has 1 unspecified atom stereocenters. The monoisotopic (exact) mass is 313 g/mol. The summed E-state index contributed by atoms with van der Waals surface area (Å²) < 4.78 is 37.6. The van der Waals surface area contributed by atoms with Crippen molar-refractivity contribution in [3.63, 3.8) is 0 Å². The van der Waals surface area contributed by atoms with Crippen LogP contribution < -0.4 is 9.47 Å². The Bertz CT molecular complexity index is 616. The Labute approximate surface area is 124 Å². The lowest BCUT2D eigenvalue weighted by molar-refractivity contribution is 0.171. The number of nitrogens with zero attached hydrogens (tertiary/aromatic N) is 1. The molecule has 6 nitrogen and oxygen atoms in total. The van der Waals surface area contributed by atoms with Crippen molar-refractivity contribution in [3.05, 3.63) is 18.2 Å². The van der Waals surface area contributed by atoms with Gasteiger partial charge >= 0.3 is 0 Å². The van der Waals surface area contributed by atoms with Gasteiger partial charge in [-0.2, -0.15) is 4.31 Å². The summed E-state index contributed by atoms with van der Waals surface area (Å²) in [6.45, 7) is 1.98. The zero-order chi connectivity index (χ0) is 14.9. The number of sulfonamides is 1. The second-order valence-corrected chi connectivity index (χ2v) is 7.27. The summed E-state index contributed by atoms with van der Waals surface area (Å²) in [5, 5.41) is 8.97. The van der Waals surface area contributed by atoms with Crippen molar-refractivity contribution in [3.8, 4) is 11.5 Å². The molecule has 1 aromatic rings. The predicted octanol–water partition coefficient (Wildman–Crippen LogP) is 0.851. The lowest BCUT2D eigenvalue weighted by Gasteiger charge is -2.21. The van der Waals surface area contributed by atoms with Crippen LogP contribution >= 0.6 is 0 Å². The molecular weight excluding hydrogens is 294 g/mol. The second kappa shape index (κ2) is 5.82. The van der Waals surface area contributed by atoms with Crippen molar-refractivity contribution in [1.29, 1.82) is 0 Å². The minimum Gasteiger partial charge on any atom is -0.486 e. The first-order chi connectivity index (χ1) is 10.1. The highest BCUT2D eigenvalue weighted by Crippen LogP contribution is 2.34. The molecular formula is C14H19NO5S. The predicted molar refractivity (Wildman–Crippen MR) is 76.0 cm³/mol. The van der Waals surface area contributed by atoms with E-state index in [4.69, 9.17) is 14.6 Å². The number of benzene rings is 1. The van der Waals surface area contributed by atoms with E-state index < -0.39 is 10.0 Å². The van der Waals surface area contributed by atoms with Gasteiger partial charge in [-0.05, 0) is 30.9 Å². The first-order valence-corrected chi connectivity index (χ1v) is 8.56. The molecule has 1 N–H and O–H groups in total. The fraction of sp³-hybridized carbons (Fsp3) is 0.571. The molecule has 1 atom stereocenters. The third-order valence-electron chi connectivity index (χ3n) is 3.94. The largest absolute Gasteiger partial charge is 0.486 e. The molecule has 2 aliphatic rings. The molecule has 2 heterocycles. The number of aliphatic hydroxyl groups excluding tert-OH is 1. The molecule has 0 aromatic heterocycles. The fourth-order valence-corrected chi connectivity index (χ4v) is 4.31. The summed E-state index contributed by atoms with van der Waals surface area (Å²) in [5.74, 6) is 1.30. The van der Waals surface area contributed by atoms with E-state index in [0.29, 0.717) is 44.2 Å². The third-order valence-corrected chi connectivity index (χ3v) is 5.80. The van der Waals surface area contributed by atoms with Crippen LogP contribution in [0.4, 0.5) is 0 Å². The van der Waals surface area contributed by atoms with E-state index in [1.807, 2.05) is 0 Å². The summed E-state index contributed by atoms with van der Waals surface area (Å²) in [7, 11) is -3.51. The van der Waals surface area contributed by atoms with Crippen LogP contribution in [-0.2, 0) is 10.0 Å². The maximum absolute atomic E-state index is 12.6. The third kappa shape index (κ3) is 2.86. The Morgan fingerprint density at radius 2 is 2.00 bits per heavy atom. The Hall–Kier alpha value is -1.31. The number of aliphatic hydroxyl groups is 1. The number of ether oxygens (including phenoxy) is 2. The first-order valence-electron chi connectivity index (χ1n) is 7.12. The standard InChI is InChI=1S/C14H19NO5S/c16-6-4-11-3-5-15(10-11)21(17,18)12-1-2-13-14(9-12)20-8-7-19-13/h1-2,9,11,16H,3-8,10H2. The van der Waals surface area contributed by atoms with Crippen LogP contribution in [0.1, 0.15) is 12.8 Å². The molecule has 0 spiro atoms. The van der Waals surface area contributed by atoms with E-state index in [1.165, 1.54) is 10.4 Å². The van der Waals surface area contributed by atoms with Gasteiger partial charge in [0.1, 0.15) is 13.2 Å². The first kappa shape index (κ1) is 14.6. The Morgan fingerprint density at radius 1 is 1.24 bits per heavy atom. The van der Waals surface area contributed by atoms with Crippen molar-refractivity contribution >= 4 is 10.0 Å². The van der Waals surface area contributed by atoms with E-state index in [0.717, 1.165) is 6.42 Å². The molecule has 116 valence electrons. The molecule has 21 heavy (non-hydrogen) atoms. The van der Waals surface area contributed by atoms with Gasteiger partial charge in [0, 0.05) is 25.8 Å². The summed E-state index contributed by atoms with van der Waals surface area (Å²) in [4.78, 5) is 0.233. The molecule has 0 saturated carbocycles. The molecule has 0 bridgehead atoms. The normalized spacial score (nSPS) is 22.4. The topological polar surface area (TPSA) is 76.1 Å². The van der Waals surface area contributed by atoms with E-state index in [2.05, 4.69) is 0 Å². The van der Waals surface area contributed by atoms with Crippen LogP contribution in [0.15, 0.2) is 23.1 Å². The van der Waals surface area contributed by atoms with Crippen molar-refractivity contribution in [2.45, 2.75) is 17.7 Å². The summed E-state index contributed by atoms with van der Waals surface area (Å²) in [6, 6.07) is 4.73. The van der Waals surface area contributed by atoms with Crippen molar-refractivity contribution in [2.75, 3.05) is 32.9 Å². The van der Waals surface area contributed by atoms with Crippen molar-refractivity contribution in [1.82, 2.24) is 4.31 Å². The molecule has 2 aliphatic heterocycles. The number of rotatable bonds is 4. The van der Waals surface area contributed by atoms with Gasteiger partial charge in [-0.3, -0.25) is 0 Å². The molecule has 0 amide bonds. The van der Waals surface area contributed by atoms with Gasteiger partial charge in [-0.15, -0.1) is 0 Å². The zero-order valence-electron chi connectivity index (χ0n) is 11.7. The Morgan fingerprint density at radius 3 is 2.76 bits per heavy atom. The SMILES string of the molecule is O=S(=O)(c1ccc2c(c1)OCCO2)N1CCC(CCO)C1. The van der Waals surface area contributed by atoms with Crippen LogP contribution in [0.25, 0.3) is 0 Å². The van der Waals surface area contributed by atoms with Crippen LogP contribution in [0.3, 0.4) is 0 Å². The number of hydrogen-bond donors (Lipinski definition) is 1. The van der Waals surface area contributed by atoms with Crippen LogP contribution in [0.2, 0.25) is 0 Å². The minimum atomic E-state index is -3.51. The average Bonchev–Trinajstić information content (AvgIpc) is 2.96. The number of fused-ring (bicyclic) bond motifs is 1. The molecule has 1 fully saturated rings. The molecule has 0 aliphatic carbocycles. The summed E-state index contributed by atoms with van der Waals surface area (Å²) in [5.41, 5.74) is 0. The van der Waals surface area contributed by atoms with Crippen LogP contribution in [0, 0.1) is 5.92 Å². The molecule has 7 heteroatoms. The second-order valence-electron chi connectivity index (χ2n) is 5.34. The molecule has 0 radical (unpaired) electrons. The molecule has 1 saturated heterocycles. The highest BCUT2D eigenvalue weighted by Gasteiger charge is 2.32. The Balaban J connectivity index is 1.82. The minimum absolute atomic E-state index is 0.0998. The fourth-order valence-electron chi connectivity index (χ4n) is 2.77. The van der Waals surface area contributed by atoms with E-state index in [1.54, 1.807) is 12.1 Å². The summed E-state index contributed by atoms with van der Waals surface area (Å²) in [6.07, 6.45) is 1.44. The van der Waals surface area contributed by atoms with Gasteiger partial charge in [0.15, 0.2) is 11.5 Å². The summed E-state index contributed by atoms with van der Waals surface area (Å²) >= 11 is 0. The van der Waals surface area contributed by atoms with Gasteiger partial charge < -0.3 is 14.6 Å². The quantitative estimate of drug-likeness (QED) is 0.892. The Kier molecular flexibility index (Phi) is 4.05. The van der Waals surface area contributed by atoms with Gasteiger partial charge in [0.05, 0.1) is 4.90 Å².